The lowest BCUT2D eigenvalue weighted by Gasteiger charge is -1.95. The van der Waals surface area contributed by atoms with Crippen LogP contribution in [0.25, 0.3) is 0 Å². The molecular formula is C11H11ClN2O3S. The summed E-state index contributed by atoms with van der Waals surface area (Å²) in [6.45, 7) is 0. The molecule has 0 aromatic carbocycles. The van der Waals surface area contributed by atoms with Gasteiger partial charge in [0.15, 0.2) is 0 Å². The van der Waals surface area contributed by atoms with Crippen LogP contribution in [-0.4, -0.2) is 29.9 Å². The Morgan fingerprint density at radius 2 is 2.00 bits per heavy atom. The SMILES string of the molecule is CS(=O)(=O)c1ncc(C#CCCCC(=O)Cl)cn1. The second-order valence-electron chi connectivity index (χ2n) is 3.54. The lowest BCUT2D eigenvalue weighted by atomic mass is 10.2. The van der Waals surface area contributed by atoms with Gasteiger partial charge in [-0.3, -0.25) is 4.79 Å². The molecule has 1 aromatic heterocycles. The van der Waals surface area contributed by atoms with Crippen molar-refractivity contribution in [2.45, 2.75) is 24.4 Å². The van der Waals surface area contributed by atoms with E-state index in [1.54, 1.807) is 0 Å². The van der Waals surface area contributed by atoms with E-state index in [-0.39, 0.29) is 10.4 Å². The standard InChI is InChI=1S/C11H11ClN2O3S/c1-18(16,17)11-13-7-9(8-14-11)5-3-2-4-6-10(12)15/h7-8H,2,4,6H2,1H3. The van der Waals surface area contributed by atoms with Crippen LogP contribution in [0.4, 0.5) is 0 Å². The summed E-state index contributed by atoms with van der Waals surface area (Å²) in [4.78, 5) is 17.8. The summed E-state index contributed by atoms with van der Waals surface area (Å²) >= 11 is 5.17. The number of carbonyl (C=O) groups excluding carboxylic acids is 1. The lowest BCUT2D eigenvalue weighted by Crippen LogP contribution is -2.03. The molecule has 1 heterocycles. The molecule has 1 rings (SSSR count). The summed E-state index contributed by atoms with van der Waals surface area (Å²) in [6, 6.07) is 0. The zero-order chi connectivity index (χ0) is 13.6. The molecule has 1 aromatic rings. The topological polar surface area (TPSA) is 77.0 Å². The maximum atomic E-state index is 11.1. The van der Waals surface area contributed by atoms with Crippen LogP contribution in [0.3, 0.4) is 0 Å². The Labute approximate surface area is 111 Å². The first-order valence-electron chi connectivity index (χ1n) is 5.09. The van der Waals surface area contributed by atoms with Gasteiger partial charge in [-0.2, -0.15) is 0 Å². The molecule has 18 heavy (non-hydrogen) atoms. The van der Waals surface area contributed by atoms with Crippen LogP contribution in [0.2, 0.25) is 0 Å². The Morgan fingerprint density at radius 1 is 1.39 bits per heavy atom. The summed E-state index contributed by atoms with van der Waals surface area (Å²) < 4.78 is 22.2. The first-order chi connectivity index (χ1) is 8.39. The summed E-state index contributed by atoms with van der Waals surface area (Å²) in [7, 11) is -3.38. The number of unbranched alkanes of at least 4 members (excludes halogenated alkanes) is 1. The van der Waals surface area contributed by atoms with E-state index < -0.39 is 9.84 Å². The number of halogens is 1. The quantitative estimate of drug-likeness (QED) is 0.359. The highest BCUT2D eigenvalue weighted by Crippen LogP contribution is 2.02. The third-order valence-electron chi connectivity index (χ3n) is 1.87. The fourth-order valence-corrected chi connectivity index (χ4v) is 1.67. The fourth-order valence-electron chi connectivity index (χ4n) is 1.05. The smallest absolute Gasteiger partial charge is 0.246 e. The van der Waals surface area contributed by atoms with Crippen LogP contribution in [0.15, 0.2) is 17.6 Å². The van der Waals surface area contributed by atoms with Crippen molar-refractivity contribution in [2.24, 2.45) is 0 Å². The van der Waals surface area contributed by atoms with E-state index in [1.165, 1.54) is 12.4 Å². The average molecular weight is 287 g/mol. The second kappa shape index (κ2) is 6.47. The van der Waals surface area contributed by atoms with E-state index in [0.29, 0.717) is 24.8 Å². The van der Waals surface area contributed by atoms with Gasteiger partial charge in [-0.1, -0.05) is 11.8 Å². The lowest BCUT2D eigenvalue weighted by molar-refractivity contribution is -0.111. The molecule has 0 fully saturated rings. The van der Waals surface area contributed by atoms with Gasteiger partial charge in [0.25, 0.3) is 0 Å². The van der Waals surface area contributed by atoms with Crippen molar-refractivity contribution >= 4 is 26.7 Å². The van der Waals surface area contributed by atoms with E-state index in [0.717, 1.165) is 6.26 Å². The molecular weight excluding hydrogens is 276 g/mol. The van der Waals surface area contributed by atoms with Crippen LogP contribution in [-0.2, 0) is 14.6 Å². The van der Waals surface area contributed by atoms with E-state index in [2.05, 4.69) is 21.8 Å². The van der Waals surface area contributed by atoms with Crippen molar-refractivity contribution in [3.05, 3.63) is 18.0 Å². The highest BCUT2D eigenvalue weighted by atomic mass is 35.5. The molecule has 0 spiro atoms. The Kier molecular flexibility index (Phi) is 5.25. The molecule has 0 bridgehead atoms. The summed E-state index contributed by atoms with van der Waals surface area (Å²) in [6.07, 6.45) is 5.16. The minimum absolute atomic E-state index is 0.221. The maximum absolute atomic E-state index is 11.1. The third kappa shape index (κ3) is 5.25. The highest BCUT2D eigenvalue weighted by Gasteiger charge is 2.09. The summed E-state index contributed by atoms with van der Waals surface area (Å²) in [5.74, 6) is 5.60. The minimum Gasteiger partial charge on any atom is -0.281 e. The molecule has 0 atom stereocenters. The zero-order valence-electron chi connectivity index (χ0n) is 9.68. The molecule has 5 nitrogen and oxygen atoms in total. The molecule has 0 aliphatic carbocycles. The van der Waals surface area contributed by atoms with Gasteiger partial charge >= 0.3 is 0 Å². The van der Waals surface area contributed by atoms with Crippen molar-refractivity contribution in [3.63, 3.8) is 0 Å². The molecule has 0 unspecified atom stereocenters. The molecule has 0 saturated carbocycles. The van der Waals surface area contributed by atoms with Crippen LogP contribution in [0.5, 0.6) is 0 Å². The van der Waals surface area contributed by atoms with Crippen molar-refractivity contribution in [2.75, 3.05) is 6.26 Å². The number of hydrogen-bond donors (Lipinski definition) is 0. The van der Waals surface area contributed by atoms with Crippen LogP contribution < -0.4 is 0 Å². The van der Waals surface area contributed by atoms with E-state index >= 15 is 0 Å². The maximum Gasteiger partial charge on any atom is 0.246 e. The van der Waals surface area contributed by atoms with Crippen LogP contribution in [0.1, 0.15) is 24.8 Å². The Balaban J connectivity index is 2.59. The van der Waals surface area contributed by atoms with Gasteiger partial charge in [0.05, 0.1) is 5.56 Å². The number of carbonyl (C=O) groups is 1. The summed E-state index contributed by atoms with van der Waals surface area (Å²) in [5, 5.41) is -0.599. The Bertz CT molecular complexity index is 585. The van der Waals surface area contributed by atoms with Gasteiger partial charge < -0.3 is 0 Å². The molecule has 0 amide bonds. The number of aromatic nitrogens is 2. The number of nitrogens with zero attached hydrogens (tertiary/aromatic N) is 2. The van der Waals surface area contributed by atoms with Crippen molar-refractivity contribution in [3.8, 4) is 11.8 Å². The largest absolute Gasteiger partial charge is 0.281 e. The van der Waals surface area contributed by atoms with Crippen molar-refractivity contribution in [1.82, 2.24) is 9.97 Å². The molecule has 0 saturated heterocycles. The molecule has 0 aliphatic heterocycles. The van der Waals surface area contributed by atoms with Gasteiger partial charge in [0.1, 0.15) is 0 Å². The first kappa shape index (κ1) is 14.6. The predicted octanol–water partition coefficient (Wildman–Crippen LogP) is 1.17. The van der Waals surface area contributed by atoms with E-state index in [9.17, 15) is 13.2 Å². The van der Waals surface area contributed by atoms with Crippen molar-refractivity contribution < 1.29 is 13.2 Å². The average Bonchev–Trinajstić information content (AvgIpc) is 2.27. The van der Waals surface area contributed by atoms with Crippen LogP contribution >= 0.6 is 11.6 Å². The summed E-state index contributed by atoms with van der Waals surface area (Å²) in [5.41, 5.74) is 0.527. The third-order valence-corrected chi connectivity index (χ3v) is 2.93. The van der Waals surface area contributed by atoms with Gasteiger partial charge in [-0.15, -0.1) is 0 Å². The molecule has 0 radical (unpaired) electrons. The van der Waals surface area contributed by atoms with Crippen LogP contribution in [0, 0.1) is 11.8 Å². The highest BCUT2D eigenvalue weighted by molar-refractivity contribution is 7.90. The predicted molar refractivity (Wildman–Crippen MR) is 66.7 cm³/mol. The molecule has 7 heteroatoms. The minimum atomic E-state index is -3.38. The first-order valence-corrected chi connectivity index (χ1v) is 7.36. The fraction of sp³-hybridized carbons (Fsp3) is 0.364. The monoisotopic (exact) mass is 286 g/mol. The zero-order valence-corrected chi connectivity index (χ0v) is 11.3. The Morgan fingerprint density at radius 3 is 2.50 bits per heavy atom. The van der Waals surface area contributed by atoms with Gasteiger partial charge in [0.2, 0.25) is 20.2 Å². The Hall–Kier alpha value is -1.45. The number of hydrogen-bond acceptors (Lipinski definition) is 5. The number of sulfone groups is 1. The molecule has 0 aliphatic rings. The van der Waals surface area contributed by atoms with Gasteiger partial charge in [-0.25, -0.2) is 18.4 Å². The number of rotatable bonds is 4. The van der Waals surface area contributed by atoms with E-state index in [4.69, 9.17) is 11.6 Å². The van der Waals surface area contributed by atoms with Gasteiger partial charge in [-0.05, 0) is 18.0 Å². The second-order valence-corrected chi connectivity index (χ2v) is 5.87. The van der Waals surface area contributed by atoms with Crippen molar-refractivity contribution in [1.29, 1.82) is 0 Å². The molecule has 0 N–H and O–H groups in total. The normalized spacial score (nSPS) is 10.6. The van der Waals surface area contributed by atoms with E-state index in [1.807, 2.05) is 0 Å². The van der Waals surface area contributed by atoms with Gasteiger partial charge in [0, 0.05) is 31.5 Å². The molecule has 96 valence electrons.